The molecule has 0 aliphatic heterocycles. The summed E-state index contributed by atoms with van der Waals surface area (Å²) >= 11 is 5.65. The van der Waals surface area contributed by atoms with Crippen LogP contribution in [-0.4, -0.2) is 29.9 Å². The Kier molecular flexibility index (Phi) is 3.41. The van der Waals surface area contributed by atoms with Gasteiger partial charge in [-0.3, -0.25) is 4.90 Å². The summed E-state index contributed by atoms with van der Waals surface area (Å²) in [5.74, 6) is 0.600. The minimum absolute atomic E-state index is 0.600. The average Bonchev–Trinajstić information content (AvgIpc) is 2.82. The molecule has 0 aromatic rings. The van der Waals surface area contributed by atoms with Gasteiger partial charge in [-0.1, -0.05) is 13.5 Å². The molecule has 0 saturated heterocycles. The van der Waals surface area contributed by atoms with E-state index in [1.165, 1.54) is 12.8 Å². The predicted octanol–water partition coefficient (Wildman–Crippen LogP) is 2.27. The Morgan fingerprint density at radius 2 is 2.27 bits per heavy atom. The second-order valence-corrected chi connectivity index (χ2v) is 3.45. The third-order valence-electron chi connectivity index (χ3n) is 2.09. The van der Waals surface area contributed by atoms with Gasteiger partial charge >= 0.3 is 0 Å². The Morgan fingerprint density at radius 3 is 2.64 bits per heavy atom. The lowest BCUT2D eigenvalue weighted by molar-refractivity contribution is 0.302. The summed E-state index contributed by atoms with van der Waals surface area (Å²) in [6.45, 7) is 8.21. The fourth-order valence-corrected chi connectivity index (χ4v) is 1.35. The van der Waals surface area contributed by atoms with Crippen molar-refractivity contribution < 1.29 is 0 Å². The topological polar surface area (TPSA) is 3.24 Å². The summed E-state index contributed by atoms with van der Waals surface area (Å²) in [6, 6.07) is 0.833. The number of rotatable bonds is 5. The molecule has 0 N–H and O–H groups in total. The number of halogens is 1. The zero-order chi connectivity index (χ0) is 8.27. The first-order valence-corrected chi connectivity index (χ1v) is 4.78. The lowest BCUT2D eigenvalue weighted by Crippen LogP contribution is -2.28. The van der Waals surface area contributed by atoms with E-state index in [0.717, 1.165) is 24.7 Å². The fraction of sp³-hybridized carbons (Fsp3) is 0.778. The van der Waals surface area contributed by atoms with Gasteiger partial charge in [0.1, 0.15) is 0 Å². The molecule has 0 atom stereocenters. The summed E-state index contributed by atoms with van der Waals surface area (Å²) in [4.78, 5) is 2.45. The second kappa shape index (κ2) is 4.13. The molecule has 0 radical (unpaired) electrons. The first kappa shape index (κ1) is 9.08. The van der Waals surface area contributed by atoms with E-state index in [0.29, 0.717) is 5.88 Å². The van der Waals surface area contributed by atoms with Crippen LogP contribution in [0.5, 0.6) is 0 Å². The van der Waals surface area contributed by atoms with Gasteiger partial charge in [-0.15, -0.1) is 11.6 Å². The van der Waals surface area contributed by atoms with Crippen molar-refractivity contribution in [1.82, 2.24) is 4.90 Å². The maximum atomic E-state index is 5.65. The van der Waals surface area contributed by atoms with Gasteiger partial charge in [0.05, 0.1) is 0 Å². The van der Waals surface area contributed by atoms with Crippen LogP contribution in [-0.2, 0) is 0 Å². The van der Waals surface area contributed by atoms with E-state index in [2.05, 4.69) is 18.4 Å². The van der Waals surface area contributed by atoms with Crippen molar-refractivity contribution in [1.29, 1.82) is 0 Å². The number of hydrogen-bond donors (Lipinski definition) is 0. The van der Waals surface area contributed by atoms with Crippen LogP contribution >= 0.6 is 11.6 Å². The van der Waals surface area contributed by atoms with Crippen LogP contribution in [0.2, 0.25) is 0 Å². The fourth-order valence-electron chi connectivity index (χ4n) is 1.27. The van der Waals surface area contributed by atoms with Crippen molar-refractivity contribution in [3.63, 3.8) is 0 Å². The predicted molar refractivity (Wildman–Crippen MR) is 50.1 cm³/mol. The number of alkyl halides is 1. The highest BCUT2D eigenvalue weighted by Crippen LogP contribution is 2.26. The third-order valence-corrected chi connectivity index (χ3v) is 2.46. The molecule has 1 aliphatic carbocycles. The molecule has 11 heavy (non-hydrogen) atoms. The van der Waals surface area contributed by atoms with E-state index in [-0.39, 0.29) is 0 Å². The van der Waals surface area contributed by atoms with Gasteiger partial charge in [0.15, 0.2) is 0 Å². The summed E-state index contributed by atoms with van der Waals surface area (Å²) < 4.78 is 0. The van der Waals surface area contributed by atoms with E-state index >= 15 is 0 Å². The maximum Gasteiger partial charge on any atom is 0.0443 e. The Morgan fingerprint density at radius 1 is 1.64 bits per heavy atom. The lowest BCUT2D eigenvalue weighted by atomic mass is 10.3. The van der Waals surface area contributed by atoms with Crippen LogP contribution < -0.4 is 0 Å². The van der Waals surface area contributed by atoms with Crippen LogP contribution in [0.3, 0.4) is 0 Å². The number of hydrogen-bond acceptors (Lipinski definition) is 1. The van der Waals surface area contributed by atoms with Crippen molar-refractivity contribution >= 4 is 11.6 Å². The van der Waals surface area contributed by atoms with Gasteiger partial charge in [-0.25, -0.2) is 0 Å². The van der Waals surface area contributed by atoms with E-state index < -0.39 is 0 Å². The third kappa shape index (κ3) is 2.84. The normalized spacial score (nSPS) is 17.4. The molecular formula is C9H16ClN. The standard InChI is InChI=1S/C9H16ClN/c1-3-11(9-4-5-9)7-8(2)6-10/h9H,2-7H2,1H3. The lowest BCUT2D eigenvalue weighted by Gasteiger charge is -2.19. The van der Waals surface area contributed by atoms with Crippen molar-refractivity contribution in [2.45, 2.75) is 25.8 Å². The molecule has 1 saturated carbocycles. The molecule has 0 unspecified atom stereocenters. The summed E-state index contributed by atoms with van der Waals surface area (Å²) in [7, 11) is 0. The molecule has 1 nitrogen and oxygen atoms in total. The monoisotopic (exact) mass is 173 g/mol. The van der Waals surface area contributed by atoms with E-state index in [1.54, 1.807) is 0 Å². The highest BCUT2D eigenvalue weighted by molar-refractivity contribution is 6.19. The van der Waals surface area contributed by atoms with Crippen LogP contribution in [0.15, 0.2) is 12.2 Å². The number of likely N-dealkylation sites (N-methyl/N-ethyl adjacent to an activating group) is 1. The van der Waals surface area contributed by atoms with Gasteiger partial charge in [0, 0.05) is 18.5 Å². The summed E-state index contributed by atoms with van der Waals surface area (Å²) in [5.41, 5.74) is 1.14. The molecular weight excluding hydrogens is 158 g/mol. The molecule has 64 valence electrons. The van der Waals surface area contributed by atoms with Gasteiger partial charge in [0.25, 0.3) is 0 Å². The van der Waals surface area contributed by atoms with Crippen LogP contribution in [0.4, 0.5) is 0 Å². The first-order valence-electron chi connectivity index (χ1n) is 4.24. The zero-order valence-electron chi connectivity index (χ0n) is 7.15. The molecule has 0 spiro atoms. The zero-order valence-corrected chi connectivity index (χ0v) is 7.90. The minimum Gasteiger partial charge on any atom is -0.297 e. The highest BCUT2D eigenvalue weighted by Gasteiger charge is 2.27. The van der Waals surface area contributed by atoms with Gasteiger partial charge in [0.2, 0.25) is 0 Å². The highest BCUT2D eigenvalue weighted by atomic mass is 35.5. The van der Waals surface area contributed by atoms with E-state index in [1.807, 2.05) is 0 Å². The molecule has 0 amide bonds. The van der Waals surface area contributed by atoms with Crippen molar-refractivity contribution in [3.8, 4) is 0 Å². The summed E-state index contributed by atoms with van der Waals surface area (Å²) in [6.07, 6.45) is 2.73. The smallest absolute Gasteiger partial charge is 0.0443 e. The Hall–Kier alpha value is -0.0100. The molecule has 0 heterocycles. The van der Waals surface area contributed by atoms with Crippen molar-refractivity contribution in [2.75, 3.05) is 19.0 Å². The molecule has 2 heteroatoms. The Bertz CT molecular complexity index is 140. The molecule has 1 rings (SSSR count). The largest absolute Gasteiger partial charge is 0.297 e. The SMILES string of the molecule is C=C(CCl)CN(CC)C1CC1. The quantitative estimate of drug-likeness (QED) is 0.456. The Labute approximate surface area is 74.0 Å². The van der Waals surface area contributed by atoms with Crippen LogP contribution in [0.25, 0.3) is 0 Å². The minimum atomic E-state index is 0.600. The van der Waals surface area contributed by atoms with Gasteiger partial charge in [-0.05, 0) is 25.0 Å². The maximum absolute atomic E-state index is 5.65. The molecule has 0 bridgehead atoms. The van der Waals surface area contributed by atoms with Gasteiger partial charge < -0.3 is 0 Å². The van der Waals surface area contributed by atoms with Crippen LogP contribution in [0.1, 0.15) is 19.8 Å². The Balaban J connectivity index is 2.25. The molecule has 0 aromatic heterocycles. The first-order chi connectivity index (χ1) is 5.27. The van der Waals surface area contributed by atoms with E-state index in [4.69, 9.17) is 11.6 Å². The summed E-state index contributed by atoms with van der Waals surface area (Å²) in [5, 5.41) is 0. The van der Waals surface area contributed by atoms with Crippen LogP contribution in [0, 0.1) is 0 Å². The van der Waals surface area contributed by atoms with Crippen molar-refractivity contribution in [2.24, 2.45) is 0 Å². The molecule has 0 aromatic carbocycles. The van der Waals surface area contributed by atoms with Gasteiger partial charge in [-0.2, -0.15) is 0 Å². The second-order valence-electron chi connectivity index (χ2n) is 3.18. The average molecular weight is 174 g/mol. The van der Waals surface area contributed by atoms with E-state index in [9.17, 15) is 0 Å². The molecule has 1 aliphatic rings. The number of nitrogens with zero attached hydrogens (tertiary/aromatic N) is 1. The molecule has 1 fully saturated rings. The van der Waals surface area contributed by atoms with Crippen molar-refractivity contribution in [3.05, 3.63) is 12.2 Å².